The maximum absolute atomic E-state index is 12.6. The van der Waals surface area contributed by atoms with E-state index in [4.69, 9.17) is 5.73 Å². The zero-order chi connectivity index (χ0) is 30.2. The molecule has 2 amide bonds. The summed E-state index contributed by atoms with van der Waals surface area (Å²) in [5.74, 6) is 1.17. The van der Waals surface area contributed by atoms with E-state index in [0.29, 0.717) is 25.1 Å². The molecule has 14 nitrogen and oxygen atoms in total. The molecular formula is C29H34N12O2. The number of amides is 2. The number of rotatable bonds is 9. The molecule has 0 saturated carbocycles. The highest BCUT2D eigenvalue weighted by Crippen LogP contribution is 2.16. The molecule has 0 unspecified atom stereocenters. The minimum atomic E-state index is -0.320. The fourth-order valence-electron chi connectivity index (χ4n) is 4.42. The molecule has 0 spiro atoms. The standard InChI is InChI=1S/C19H21N7O2.C10H13N5/c1-24-17(16(13-21-24)19(28)25-10-5-11-25)18(27)20-9-8-14-12-22-26(23-14)15-6-3-2-4-7-15;1-15-9(2-5-11)13-10(14-15)8-3-6-12-7-4-8/h2-4,6-7,12-13H,5,8-11H2,1H3,(H,20,27);3-4,6-7H,2,5,11H2,1H3. The highest BCUT2D eigenvalue weighted by Gasteiger charge is 2.28. The molecule has 0 aliphatic carbocycles. The Morgan fingerprint density at radius 1 is 0.930 bits per heavy atom. The zero-order valence-electron chi connectivity index (χ0n) is 24.2. The first-order valence-corrected chi connectivity index (χ1v) is 14.0. The number of carbonyl (C=O) groups excluding carboxylic acids is 2. The molecule has 1 aliphatic rings. The Bertz CT molecular complexity index is 1660. The summed E-state index contributed by atoms with van der Waals surface area (Å²) >= 11 is 0. The SMILES string of the molecule is Cn1nc(-c2ccncc2)nc1CCN.Cn1ncc(C(=O)N2CCC2)c1C(=O)NCCc1cnn(-c2ccccc2)n1. The molecule has 4 aromatic heterocycles. The Morgan fingerprint density at radius 3 is 2.40 bits per heavy atom. The lowest BCUT2D eigenvalue weighted by Gasteiger charge is -2.30. The van der Waals surface area contributed by atoms with Crippen LogP contribution in [-0.2, 0) is 26.9 Å². The summed E-state index contributed by atoms with van der Waals surface area (Å²) in [6.45, 7) is 2.43. The molecule has 1 saturated heterocycles. The predicted octanol–water partition coefficient (Wildman–Crippen LogP) is 1.20. The Labute approximate surface area is 248 Å². The smallest absolute Gasteiger partial charge is 0.270 e. The number of hydrogen-bond donors (Lipinski definition) is 2. The van der Waals surface area contributed by atoms with Gasteiger partial charge in [0.2, 0.25) is 0 Å². The number of pyridine rings is 1. The fraction of sp³-hybridized carbons (Fsp3) is 0.310. The van der Waals surface area contributed by atoms with Crippen molar-refractivity contribution in [2.75, 3.05) is 26.2 Å². The third-order valence-corrected chi connectivity index (χ3v) is 6.88. The predicted molar refractivity (Wildman–Crippen MR) is 158 cm³/mol. The number of para-hydroxylation sites is 1. The maximum atomic E-state index is 12.6. The van der Waals surface area contributed by atoms with E-state index in [9.17, 15) is 9.59 Å². The summed E-state index contributed by atoms with van der Waals surface area (Å²) < 4.78 is 3.21. The number of nitrogens with zero attached hydrogens (tertiary/aromatic N) is 10. The minimum absolute atomic E-state index is 0.143. The van der Waals surface area contributed by atoms with Gasteiger partial charge in [-0.1, -0.05) is 18.2 Å². The summed E-state index contributed by atoms with van der Waals surface area (Å²) in [5, 5.41) is 19.9. The van der Waals surface area contributed by atoms with Crippen LogP contribution in [-0.4, -0.2) is 87.4 Å². The van der Waals surface area contributed by atoms with Crippen LogP contribution in [0.5, 0.6) is 0 Å². The number of aromatic nitrogens is 9. The van der Waals surface area contributed by atoms with Crippen molar-refractivity contribution in [3.63, 3.8) is 0 Å². The summed E-state index contributed by atoms with van der Waals surface area (Å²) in [4.78, 5) is 36.7. The first kappa shape index (κ1) is 29.3. The van der Waals surface area contributed by atoms with Crippen LogP contribution in [0.15, 0.2) is 67.3 Å². The number of nitrogens with two attached hydrogens (primary N) is 1. The summed E-state index contributed by atoms with van der Waals surface area (Å²) in [6.07, 6.45) is 8.88. The molecule has 0 bridgehead atoms. The lowest BCUT2D eigenvalue weighted by Crippen LogP contribution is -2.43. The minimum Gasteiger partial charge on any atom is -0.350 e. The Hall–Kier alpha value is -5.24. The Morgan fingerprint density at radius 2 is 1.70 bits per heavy atom. The van der Waals surface area contributed by atoms with Crippen molar-refractivity contribution in [3.8, 4) is 17.1 Å². The fourth-order valence-corrected chi connectivity index (χ4v) is 4.42. The van der Waals surface area contributed by atoms with Crippen LogP contribution in [0.4, 0.5) is 0 Å². The lowest BCUT2D eigenvalue weighted by molar-refractivity contribution is 0.0647. The van der Waals surface area contributed by atoms with Crippen LogP contribution in [0.3, 0.4) is 0 Å². The average molecular weight is 583 g/mol. The average Bonchev–Trinajstić information content (AvgIpc) is 3.72. The van der Waals surface area contributed by atoms with Crippen molar-refractivity contribution in [3.05, 3.63) is 90.0 Å². The molecule has 6 rings (SSSR count). The van der Waals surface area contributed by atoms with Gasteiger partial charge in [0.15, 0.2) is 5.82 Å². The number of carbonyl (C=O) groups is 2. The monoisotopic (exact) mass is 582 g/mol. The van der Waals surface area contributed by atoms with E-state index in [-0.39, 0.29) is 17.5 Å². The first-order chi connectivity index (χ1) is 20.9. The number of nitrogens with one attached hydrogen (secondary N) is 1. The molecule has 0 atom stereocenters. The van der Waals surface area contributed by atoms with Crippen LogP contribution in [0.2, 0.25) is 0 Å². The molecule has 5 heterocycles. The van der Waals surface area contributed by atoms with Gasteiger partial charge < -0.3 is 16.0 Å². The number of aryl methyl sites for hydroxylation is 2. The largest absolute Gasteiger partial charge is 0.350 e. The van der Waals surface area contributed by atoms with Gasteiger partial charge in [0.1, 0.15) is 11.5 Å². The van der Waals surface area contributed by atoms with Gasteiger partial charge in [-0.2, -0.15) is 25.2 Å². The van der Waals surface area contributed by atoms with Gasteiger partial charge in [-0.05, 0) is 37.2 Å². The van der Waals surface area contributed by atoms with E-state index in [0.717, 1.165) is 54.5 Å². The second kappa shape index (κ2) is 13.6. The topological polar surface area (TPSA) is 168 Å². The van der Waals surface area contributed by atoms with Gasteiger partial charge in [-0.15, -0.1) is 0 Å². The van der Waals surface area contributed by atoms with E-state index in [2.05, 4.69) is 35.7 Å². The normalized spacial score (nSPS) is 12.3. The molecule has 1 aliphatic heterocycles. The van der Waals surface area contributed by atoms with Crippen molar-refractivity contribution in [1.29, 1.82) is 0 Å². The maximum Gasteiger partial charge on any atom is 0.270 e. The molecule has 1 fully saturated rings. The molecule has 3 N–H and O–H groups in total. The lowest BCUT2D eigenvalue weighted by atomic mass is 10.1. The van der Waals surface area contributed by atoms with E-state index >= 15 is 0 Å². The third kappa shape index (κ3) is 6.98. The Kier molecular flexibility index (Phi) is 9.26. The van der Waals surface area contributed by atoms with Gasteiger partial charge in [0, 0.05) is 64.5 Å². The number of likely N-dealkylation sites (tertiary alicyclic amines) is 1. The molecule has 43 heavy (non-hydrogen) atoms. The highest BCUT2D eigenvalue weighted by atomic mass is 16.2. The Balaban J connectivity index is 0.000000207. The molecule has 5 aromatic rings. The van der Waals surface area contributed by atoms with Gasteiger partial charge in [0.05, 0.1) is 29.3 Å². The first-order valence-electron chi connectivity index (χ1n) is 14.0. The third-order valence-electron chi connectivity index (χ3n) is 6.88. The molecule has 0 radical (unpaired) electrons. The molecule has 14 heteroatoms. The van der Waals surface area contributed by atoms with Crippen LogP contribution in [0, 0.1) is 0 Å². The number of hydrogen-bond acceptors (Lipinski definition) is 9. The summed E-state index contributed by atoms with van der Waals surface area (Å²) in [5.41, 5.74) is 8.73. The van der Waals surface area contributed by atoms with Gasteiger partial charge >= 0.3 is 0 Å². The quantitative estimate of drug-likeness (QED) is 0.259. The molecule has 1 aromatic carbocycles. The van der Waals surface area contributed by atoms with Crippen LogP contribution < -0.4 is 11.1 Å². The van der Waals surface area contributed by atoms with Crippen LogP contribution >= 0.6 is 0 Å². The van der Waals surface area contributed by atoms with Crippen molar-refractivity contribution in [1.82, 2.24) is 54.7 Å². The van der Waals surface area contributed by atoms with Crippen molar-refractivity contribution in [2.45, 2.75) is 19.3 Å². The number of benzene rings is 1. The molecular weight excluding hydrogens is 548 g/mol. The second-order valence-corrected chi connectivity index (χ2v) is 9.89. The highest BCUT2D eigenvalue weighted by molar-refractivity contribution is 6.06. The van der Waals surface area contributed by atoms with E-state index in [1.807, 2.05) is 49.5 Å². The van der Waals surface area contributed by atoms with E-state index < -0.39 is 0 Å². The van der Waals surface area contributed by atoms with Crippen LogP contribution in [0.25, 0.3) is 17.1 Å². The van der Waals surface area contributed by atoms with E-state index in [1.54, 1.807) is 40.0 Å². The summed E-state index contributed by atoms with van der Waals surface area (Å²) in [6, 6.07) is 13.4. The zero-order valence-corrected chi connectivity index (χ0v) is 24.2. The van der Waals surface area contributed by atoms with Crippen molar-refractivity contribution < 1.29 is 9.59 Å². The molecule has 222 valence electrons. The van der Waals surface area contributed by atoms with Crippen LogP contribution in [0.1, 0.15) is 38.8 Å². The van der Waals surface area contributed by atoms with Crippen molar-refractivity contribution in [2.24, 2.45) is 19.8 Å². The van der Waals surface area contributed by atoms with Crippen molar-refractivity contribution >= 4 is 11.8 Å². The van der Waals surface area contributed by atoms with E-state index in [1.165, 1.54) is 10.9 Å². The van der Waals surface area contributed by atoms with Gasteiger partial charge in [-0.25, -0.2) is 4.98 Å². The summed E-state index contributed by atoms with van der Waals surface area (Å²) in [7, 11) is 3.54. The second-order valence-electron chi connectivity index (χ2n) is 9.89. The van der Waals surface area contributed by atoms with Gasteiger partial charge in [0.25, 0.3) is 11.8 Å². The van der Waals surface area contributed by atoms with Gasteiger partial charge in [-0.3, -0.25) is 23.9 Å².